The first-order chi connectivity index (χ1) is 13.6. The lowest BCUT2D eigenvalue weighted by Crippen LogP contribution is -2.21. The first-order valence-electron chi connectivity index (χ1n) is 8.99. The van der Waals surface area contributed by atoms with E-state index in [-0.39, 0.29) is 5.91 Å². The highest BCUT2D eigenvalue weighted by atomic mass is 16.1. The fourth-order valence-electron chi connectivity index (χ4n) is 3.11. The first-order valence-corrected chi connectivity index (χ1v) is 8.99. The van der Waals surface area contributed by atoms with Gasteiger partial charge in [-0.3, -0.25) is 9.20 Å². The van der Waals surface area contributed by atoms with Crippen molar-refractivity contribution in [2.24, 2.45) is 0 Å². The number of aromatic nitrogens is 5. The van der Waals surface area contributed by atoms with E-state index in [1.807, 2.05) is 77.7 Å². The van der Waals surface area contributed by atoms with Crippen molar-refractivity contribution in [3.05, 3.63) is 83.6 Å². The maximum Gasteiger partial charge on any atom is 0.244 e. The molecule has 0 aliphatic rings. The van der Waals surface area contributed by atoms with E-state index in [0.717, 1.165) is 28.3 Å². The summed E-state index contributed by atoms with van der Waals surface area (Å²) in [6, 6.07) is 15.6. The standard InChI is InChI=1S/C21H20N6O/c1-15-18(16(2)27(25-15)17-8-4-3-5-9-17)11-12-21(28)22-14-20-24-23-19-10-6-7-13-26(19)20/h3-13H,14H2,1-2H3,(H,22,28)/b12-11+. The van der Waals surface area contributed by atoms with Crippen molar-refractivity contribution in [2.45, 2.75) is 20.4 Å². The summed E-state index contributed by atoms with van der Waals surface area (Å²) in [5.74, 6) is 0.487. The number of benzene rings is 1. The Bertz CT molecular complexity index is 1160. The lowest BCUT2D eigenvalue weighted by Gasteiger charge is -2.03. The molecule has 7 heteroatoms. The highest BCUT2D eigenvalue weighted by molar-refractivity contribution is 5.91. The zero-order valence-corrected chi connectivity index (χ0v) is 15.7. The average molecular weight is 372 g/mol. The van der Waals surface area contributed by atoms with Crippen LogP contribution in [0.15, 0.2) is 60.8 Å². The molecule has 7 nitrogen and oxygen atoms in total. The molecule has 0 atom stereocenters. The Morgan fingerprint density at radius 3 is 2.68 bits per heavy atom. The number of aryl methyl sites for hydroxylation is 1. The highest BCUT2D eigenvalue weighted by Crippen LogP contribution is 2.19. The van der Waals surface area contributed by atoms with E-state index in [4.69, 9.17) is 0 Å². The Labute approximate surface area is 162 Å². The lowest BCUT2D eigenvalue weighted by atomic mass is 10.2. The number of hydrogen-bond donors (Lipinski definition) is 1. The van der Waals surface area contributed by atoms with E-state index < -0.39 is 0 Å². The zero-order chi connectivity index (χ0) is 19.5. The van der Waals surface area contributed by atoms with E-state index in [9.17, 15) is 4.79 Å². The Morgan fingerprint density at radius 1 is 1.07 bits per heavy atom. The molecule has 0 bridgehead atoms. The number of rotatable bonds is 5. The van der Waals surface area contributed by atoms with Crippen LogP contribution in [-0.2, 0) is 11.3 Å². The highest BCUT2D eigenvalue weighted by Gasteiger charge is 2.11. The molecular formula is C21H20N6O. The number of nitrogens with one attached hydrogen (secondary N) is 1. The van der Waals surface area contributed by atoms with Gasteiger partial charge < -0.3 is 5.32 Å². The number of hydrogen-bond acceptors (Lipinski definition) is 4. The smallest absolute Gasteiger partial charge is 0.244 e. The number of carbonyl (C=O) groups excluding carboxylic acids is 1. The minimum atomic E-state index is -0.195. The second-order valence-electron chi connectivity index (χ2n) is 6.43. The average Bonchev–Trinajstić information content (AvgIpc) is 3.26. The van der Waals surface area contributed by atoms with Crippen molar-refractivity contribution in [3.63, 3.8) is 0 Å². The summed E-state index contributed by atoms with van der Waals surface area (Å²) in [6.45, 7) is 4.23. The molecule has 0 aliphatic carbocycles. The number of fused-ring (bicyclic) bond motifs is 1. The molecule has 0 saturated heterocycles. The van der Waals surface area contributed by atoms with E-state index >= 15 is 0 Å². The van der Waals surface area contributed by atoms with Crippen LogP contribution in [0.2, 0.25) is 0 Å². The molecule has 0 spiro atoms. The van der Waals surface area contributed by atoms with Gasteiger partial charge in [0.2, 0.25) is 5.91 Å². The molecule has 0 radical (unpaired) electrons. The van der Waals surface area contributed by atoms with Gasteiger partial charge in [-0.15, -0.1) is 10.2 Å². The molecule has 0 fully saturated rings. The third-order valence-electron chi connectivity index (χ3n) is 4.55. The van der Waals surface area contributed by atoms with Gasteiger partial charge in [-0.2, -0.15) is 5.10 Å². The minimum absolute atomic E-state index is 0.195. The van der Waals surface area contributed by atoms with Crippen LogP contribution in [0, 0.1) is 13.8 Å². The van der Waals surface area contributed by atoms with Crippen LogP contribution in [0.5, 0.6) is 0 Å². The van der Waals surface area contributed by atoms with Gasteiger partial charge in [0, 0.05) is 23.5 Å². The first kappa shape index (κ1) is 17.7. The van der Waals surface area contributed by atoms with Crippen LogP contribution in [0.1, 0.15) is 22.8 Å². The van der Waals surface area contributed by atoms with Crippen LogP contribution >= 0.6 is 0 Å². The van der Waals surface area contributed by atoms with Gasteiger partial charge in [-0.1, -0.05) is 24.3 Å². The molecule has 28 heavy (non-hydrogen) atoms. The summed E-state index contributed by atoms with van der Waals surface area (Å²) >= 11 is 0. The number of para-hydroxylation sites is 1. The summed E-state index contributed by atoms with van der Waals surface area (Å²) in [5.41, 5.74) is 4.53. The predicted molar refractivity (Wildman–Crippen MR) is 107 cm³/mol. The number of pyridine rings is 1. The molecule has 0 unspecified atom stereocenters. The Hall–Kier alpha value is -3.74. The summed E-state index contributed by atoms with van der Waals surface area (Å²) in [6.07, 6.45) is 5.20. The largest absolute Gasteiger partial charge is 0.345 e. The topological polar surface area (TPSA) is 77.1 Å². The molecule has 4 rings (SSSR count). The quantitative estimate of drug-likeness (QED) is 0.547. The number of carbonyl (C=O) groups is 1. The van der Waals surface area contributed by atoms with Crippen molar-refractivity contribution >= 4 is 17.6 Å². The maximum atomic E-state index is 12.3. The molecule has 1 amide bonds. The predicted octanol–water partition coefficient (Wildman–Crippen LogP) is 2.86. The molecule has 1 aromatic carbocycles. The summed E-state index contributed by atoms with van der Waals surface area (Å²) in [7, 11) is 0. The SMILES string of the molecule is Cc1nn(-c2ccccc2)c(C)c1/C=C/C(=O)NCc1nnc2ccccn12. The maximum absolute atomic E-state index is 12.3. The van der Waals surface area contributed by atoms with Crippen LogP contribution in [0.3, 0.4) is 0 Å². The molecule has 0 saturated carbocycles. The van der Waals surface area contributed by atoms with Gasteiger partial charge in [0.05, 0.1) is 17.9 Å². The monoisotopic (exact) mass is 372 g/mol. The molecular weight excluding hydrogens is 352 g/mol. The van der Waals surface area contributed by atoms with Crippen molar-refractivity contribution < 1.29 is 4.79 Å². The summed E-state index contributed by atoms with van der Waals surface area (Å²) in [5, 5.41) is 15.6. The van der Waals surface area contributed by atoms with Gasteiger partial charge >= 0.3 is 0 Å². The normalized spacial score (nSPS) is 11.4. The van der Waals surface area contributed by atoms with Crippen LogP contribution in [0.25, 0.3) is 17.4 Å². The Morgan fingerprint density at radius 2 is 1.86 bits per heavy atom. The third kappa shape index (κ3) is 3.42. The summed E-state index contributed by atoms with van der Waals surface area (Å²) < 4.78 is 3.73. The van der Waals surface area contributed by atoms with Crippen LogP contribution in [-0.4, -0.2) is 30.3 Å². The van der Waals surface area contributed by atoms with Crippen molar-refractivity contribution in [1.29, 1.82) is 0 Å². The van der Waals surface area contributed by atoms with Gasteiger partial charge in [0.15, 0.2) is 11.5 Å². The van der Waals surface area contributed by atoms with Crippen molar-refractivity contribution in [1.82, 2.24) is 29.7 Å². The van der Waals surface area contributed by atoms with Crippen molar-refractivity contribution in [2.75, 3.05) is 0 Å². The van der Waals surface area contributed by atoms with Crippen LogP contribution in [0.4, 0.5) is 0 Å². The van der Waals surface area contributed by atoms with Gasteiger partial charge in [-0.25, -0.2) is 4.68 Å². The van der Waals surface area contributed by atoms with E-state index in [1.54, 1.807) is 6.08 Å². The lowest BCUT2D eigenvalue weighted by molar-refractivity contribution is -0.116. The fraction of sp³-hybridized carbons (Fsp3) is 0.143. The van der Waals surface area contributed by atoms with E-state index in [2.05, 4.69) is 20.6 Å². The van der Waals surface area contributed by atoms with E-state index in [1.165, 1.54) is 6.08 Å². The van der Waals surface area contributed by atoms with Crippen LogP contribution < -0.4 is 5.32 Å². The second kappa shape index (κ2) is 7.48. The van der Waals surface area contributed by atoms with Gasteiger partial charge in [0.25, 0.3) is 0 Å². The molecule has 140 valence electrons. The van der Waals surface area contributed by atoms with E-state index in [0.29, 0.717) is 12.4 Å². The molecule has 1 N–H and O–H groups in total. The Balaban J connectivity index is 1.47. The number of nitrogens with zero attached hydrogens (tertiary/aromatic N) is 5. The second-order valence-corrected chi connectivity index (χ2v) is 6.43. The fourth-order valence-corrected chi connectivity index (χ4v) is 3.11. The van der Waals surface area contributed by atoms with Gasteiger partial charge in [0.1, 0.15) is 0 Å². The number of amides is 1. The summed E-state index contributed by atoms with van der Waals surface area (Å²) in [4.78, 5) is 12.3. The molecule has 4 aromatic rings. The molecule has 3 heterocycles. The van der Waals surface area contributed by atoms with Crippen molar-refractivity contribution in [3.8, 4) is 5.69 Å². The minimum Gasteiger partial charge on any atom is -0.345 e. The van der Waals surface area contributed by atoms with Gasteiger partial charge in [-0.05, 0) is 44.2 Å². The third-order valence-corrected chi connectivity index (χ3v) is 4.55. The zero-order valence-electron chi connectivity index (χ0n) is 15.7. The molecule has 0 aliphatic heterocycles. The molecule has 3 aromatic heterocycles. The Kier molecular flexibility index (Phi) is 4.72.